The number of anilines is 1. The summed E-state index contributed by atoms with van der Waals surface area (Å²) >= 11 is 1.39. The summed E-state index contributed by atoms with van der Waals surface area (Å²) < 4.78 is 6.43. The molecule has 2 rings (SSSR count). The lowest BCUT2D eigenvalue weighted by Gasteiger charge is -2.03. The van der Waals surface area contributed by atoms with Crippen LogP contribution in [0.15, 0.2) is 17.6 Å². The van der Waals surface area contributed by atoms with Gasteiger partial charge in [-0.1, -0.05) is 0 Å². The fourth-order valence-corrected chi connectivity index (χ4v) is 2.21. The van der Waals surface area contributed by atoms with Crippen molar-refractivity contribution in [3.8, 4) is 0 Å². The lowest BCUT2D eigenvalue weighted by Crippen LogP contribution is -2.08. The highest BCUT2D eigenvalue weighted by Crippen LogP contribution is 2.15. The van der Waals surface area contributed by atoms with Crippen LogP contribution < -0.4 is 5.32 Å². The van der Waals surface area contributed by atoms with Gasteiger partial charge in [0.2, 0.25) is 0 Å². The van der Waals surface area contributed by atoms with Gasteiger partial charge in [0.15, 0.2) is 10.8 Å². The van der Waals surface area contributed by atoms with Crippen LogP contribution >= 0.6 is 11.3 Å². The smallest absolute Gasteiger partial charge is 0.357 e. The van der Waals surface area contributed by atoms with E-state index in [0.717, 1.165) is 23.8 Å². The molecule has 0 saturated carbocycles. The van der Waals surface area contributed by atoms with E-state index >= 15 is 0 Å². The minimum absolute atomic E-state index is 0.338. The number of esters is 1. The molecule has 18 heavy (non-hydrogen) atoms. The minimum atomic E-state index is -0.411. The van der Waals surface area contributed by atoms with Crippen LogP contribution in [0.5, 0.6) is 0 Å². The van der Waals surface area contributed by atoms with Gasteiger partial charge in [0.05, 0.1) is 7.11 Å². The lowest BCUT2D eigenvalue weighted by atomic mass is 10.3. The fourth-order valence-electron chi connectivity index (χ4n) is 1.50. The van der Waals surface area contributed by atoms with Crippen LogP contribution in [-0.2, 0) is 18.2 Å². The number of nitrogens with zero attached hydrogens (tertiary/aromatic N) is 3. The molecule has 0 saturated heterocycles. The largest absolute Gasteiger partial charge is 0.464 e. The highest BCUT2D eigenvalue weighted by atomic mass is 32.1. The summed E-state index contributed by atoms with van der Waals surface area (Å²) in [6, 6.07) is 1.98. The van der Waals surface area contributed by atoms with Gasteiger partial charge in [-0.3, -0.25) is 4.68 Å². The Morgan fingerprint density at radius 1 is 1.61 bits per heavy atom. The number of hydrogen-bond donors (Lipinski definition) is 1. The van der Waals surface area contributed by atoms with Crippen LogP contribution in [-0.4, -0.2) is 34.4 Å². The van der Waals surface area contributed by atoms with Crippen LogP contribution in [0.2, 0.25) is 0 Å². The topological polar surface area (TPSA) is 69.0 Å². The molecule has 0 aliphatic rings. The molecule has 0 aromatic carbocycles. The number of rotatable bonds is 5. The SMILES string of the molecule is COC(=O)c1csc(NCCc2ccnn2C)n1. The summed E-state index contributed by atoms with van der Waals surface area (Å²) in [5.41, 5.74) is 1.48. The van der Waals surface area contributed by atoms with Gasteiger partial charge in [-0.15, -0.1) is 11.3 Å². The number of ether oxygens (including phenoxy) is 1. The van der Waals surface area contributed by atoms with Gasteiger partial charge in [-0.2, -0.15) is 5.10 Å². The molecule has 0 radical (unpaired) electrons. The van der Waals surface area contributed by atoms with E-state index in [9.17, 15) is 4.79 Å². The first-order chi connectivity index (χ1) is 8.70. The highest BCUT2D eigenvalue weighted by molar-refractivity contribution is 7.13. The Hall–Kier alpha value is -1.89. The van der Waals surface area contributed by atoms with Gasteiger partial charge < -0.3 is 10.1 Å². The van der Waals surface area contributed by atoms with E-state index in [1.807, 2.05) is 17.8 Å². The molecule has 0 aliphatic heterocycles. The molecule has 7 heteroatoms. The summed E-state index contributed by atoms with van der Waals surface area (Å²) in [5.74, 6) is -0.411. The Balaban J connectivity index is 1.85. The van der Waals surface area contributed by atoms with Gasteiger partial charge in [0.25, 0.3) is 0 Å². The molecule has 0 spiro atoms. The Morgan fingerprint density at radius 3 is 3.11 bits per heavy atom. The molecule has 0 bridgehead atoms. The van der Waals surface area contributed by atoms with Crippen molar-refractivity contribution in [2.24, 2.45) is 7.05 Å². The monoisotopic (exact) mass is 266 g/mol. The number of nitrogens with one attached hydrogen (secondary N) is 1. The summed E-state index contributed by atoms with van der Waals surface area (Å²) in [7, 11) is 3.26. The highest BCUT2D eigenvalue weighted by Gasteiger charge is 2.10. The van der Waals surface area contributed by atoms with Gasteiger partial charge in [-0.05, 0) is 6.07 Å². The number of hydrogen-bond acceptors (Lipinski definition) is 6. The van der Waals surface area contributed by atoms with Gasteiger partial charge in [0.1, 0.15) is 0 Å². The predicted octanol–water partition coefficient (Wildman–Crippen LogP) is 1.32. The molecule has 0 unspecified atom stereocenters. The molecular formula is C11H14N4O2S. The third-order valence-corrected chi connectivity index (χ3v) is 3.28. The minimum Gasteiger partial charge on any atom is -0.464 e. The van der Waals surface area contributed by atoms with Crippen LogP contribution in [0, 0.1) is 0 Å². The van der Waals surface area contributed by atoms with Gasteiger partial charge >= 0.3 is 5.97 Å². The maximum absolute atomic E-state index is 11.2. The maximum atomic E-state index is 11.2. The van der Waals surface area contributed by atoms with E-state index in [0.29, 0.717) is 5.69 Å². The van der Waals surface area contributed by atoms with Crippen molar-refractivity contribution in [1.82, 2.24) is 14.8 Å². The van der Waals surface area contributed by atoms with Crippen molar-refractivity contribution < 1.29 is 9.53 Å². The zero-order chi connectivity index (χ0) is 13.0. The van der Waals surface area contributed by atoms with E-state index in [-0.39, 0.29) is 0 Å². The molecule has 2 aromatic rings. The van der Waals surface area contributed by atoms with Crippen molar-refractivity contribution in [2.75, 3.05) is 19.0 Å². The molecule has 0 fully saturated rings. The third kappa shape index (κ3) is 2.86. The molecule has 0 atom stereocenters. The predicted molar refractivity (Wildman–Crippen MR) is 68.9 cm³/mol. The van der Waals surface area contributed by atoms with Crippen molar-refractivity contribution in [2.45, 2.75) is 6.42 Å². The number of aromatic nitrogens is 3. The number of aryl methyl sites for hydroxylation is 1. The number of carbonyl (C=O) groups excluding carboxylic acids is 1. The Bertz CT molecular complexity index is 535. The van der Waals surface area contributed by atoms with E-state index in [1.165, 1.54) is 18.4 Å². The van der Waals surface area contributed by atoms with Crippen LogP contribution in [0.1, 0.15) is 16.2 Å². The van der Waals surface area contributed by atoms with Crippen LogP contribution in [0.25, 0.3) is 0 Å². The number of thiazole rings is 1. The molecule has 96 valence electrons. The Labute approximate surface area is 109 Å². The summed E-state index contributed by atoms with van der Waals surface area (Å²) in [4.78, 5) is 15.3. The van der Waals surface area contributed by atoms with E-state index in [2.05, 4.69) is 20.1 Å². The van der Waals surface area contributed by atoms with Crippen LogP contribution in [0.4, 0.5) is 5.13 Å². The zero-order valence-electron chi connectivity index (χ0n) is 10.2. The Kier molecular flexibility index (Phi) is 3.93. The summed E-state index contributed by atoms with van der Waals surface area (Å²) in [6.45, 7) is 0.744. The van der Waals surface area contributed by atoms with Crippen molar-refractivity contribution in [3.05, 3.63) is 29.0 Å². The zero-order valence-corrected chi connectivity index (χ0v) is 11.0. The lowest BCUT2D eigenvalue weighted by molar-refractivity contribution is 0.0595. The average Bonchev–Trinajstić information content (AvgIpc) is 2.99. The first-order valence-corrected chi connectivity index (χ1v) is 6.33. The van der Waals surface area contributed by atoms with Gasteiger partial charge in [0, 0.05) is 37.3 Å². The molecule has 0 aliphatic carbocycles. The van der Waals surface area contributed by atoms with Gasteiger partial charge in [-0.25, -0.2) is 9.78 Å². The van der Waals surface area contributed by atoms with Crippen molar-refractivity contribution in [1.29, 1.82) is 0 Å². The molecule has 2 aromatic heterocycles. The second kappa shape index (κ2) is 5.63. The molecular weight excluding hydrogens is 252 g/mol. The van der Waals surface area contributed by atoms with E-state index in [4.69, 9.17) is 0 Å². The second-order valence-corrected chi connectivity index (χ2v) is 4.51. The summed E-state index contributed by atoms with van der Waals surface area (Å²) in [6.07, 6.45) is 2.62. The van der Waals surface area contributed by atoms with Crippen molar-refractivity contribution in [3.63, 3.8) is 0 Å². The van der Waals surface area contributed by atoms with Crippen molar-refractivity contribution >= 4 is 22.4 Å². The van der Waals surface area contributed by atoms with E-state index < -0.39 is 5.97 Å². The molecule has 0 amide bonds. The fraction of sp³-hybridized carbons (Fsp3) is 0.364. The third-order valence-electron chi connectivity index (χ3n) is 2.48. The van der Waals surface area contributed by atoms with E-state index in [1.54, 1.807) is 11.6 Å². The second-order valence-electron chi connectivity index (χ2n) is 3.65. The maximum Gasteiger partial charge on any atom is 0.357 e. The number of carbonyl (C=O) groups is 1. The van der Waals surface area contributed by atoms with Crippen LogP contribution in [0.3, 0.4) is 0 Å². The Morgan fingerprint density at radius 2 is 2.44 bits per heavy atom. The molecule has 1 N–H and O–H groups in total. The summed E-state index contributed by atoms with van der Waals surface area (Å²) in [5, 5.41) is 9.66. The first kappa shape index (κ1) is 12.6. The quantitative estimate of drug-likeness (QED) is 0.827. The molecule has 6 nitrogen and oxygen atoms in total. The standard InChI is InChI=1S/C11H14N4O2S/c1-15-8(4-6-13-15)3-5-12-11-14-9(7-18-11)10(16)17-2/h4,6-7H,3,5H2,1-2H3,(H,12,14). The first-order valence-electron chi connectivity index (χ1n) is 5.45. The average molecular weight is 266 g/mol. The molecule has 2 heterocycles. The normalized spacial score (nSPS) is 10.3. The number of methoxy groups -OCH3 is 1.